The summed E-state index contributed by atoms with van der Waals surface area (Å²) in [6.07, 6.45) is 1.67. The van der Waals surface area contributed by atoms with Gasteiger partial charge in [-0.2, -0.15) is 0 Å². The molecule has 1 aromatic heterocycles. The van der Waals surface area contributed by atoms with Crippen LogP contribution in [0, 0.1) is 0 Å². The van der Waals surface area contributed by atoms with Gasteiger partial charge < -0.3 is 19.3 Å². The Balaban J connectivity index is 1.02. The number of benzene rings is 2. The molecule has 3 aliphatic rings. The van der Waals surface area contributed by atoms with Crippen LogP contribution < -0.4 is 9.47 Å². The summed E-state index contributed by atoms with van der Waals surface area (Å²) in [6.45, 7) is 4.76. The molecule has 0 unspecified atom stereocenters. The Bertz CT molecular complexity index is 1200. The Kier molecular flexibility index (Phi) is 5.43. The van der Waals surface area contributed by atoms with Crippen LogP contribution in [0.15, 0.2) is 54.0 Å². The van der Waals surface area contributed by atoms with Crippen molar-refractivity contribution in [2.24, 2.45) is 0 Å². The lowest BCUT2D eigenvalue weighted by molar-refractivity contribution is 0.00853. The van der Waals surface area contributed by atoms with Gasteiger partial charge in [-0.1, -0.05) is 18.2 Å². The molecule has 0 N–H and O–H groups in total. The van der Waals surface area contributed by atoms with E-state index in [1.54, 1.807) is 6.20 Å². The highest BCUT2D eigenvalue weighted by atomic mass is 32.1. The Hall–Kier alpha value is -3.43. The maximum atomic E-state index is 12.9. The van der Waals surface area contributed by atoms with Crippen LogP contribution in [0.3, 0.4) is 0 Å². The van der Waals surface area contributed by atoms with Gasteiger partial charge in [-0.05, 0) is 35.4 Å². The predicted octanol–water partition coefficient (Wildman–Crippen LogP) is 2.82. The van der Waals surface area contributed by atoms with Crippen LogP contribution in [0.25, 0.3) is 11.1 Å². The number of thiazole rings is 1. The number of carbonyl (C=O) groups excluding carboxylic acids is 2. The number of rotatable bonds is 4. The second kappa shape index (κ2) is 8.73. The molecular weight excluding hydrogens is 452 g/mol. The van der Waals surface area contributed by atoms with Crippen LogP contribution in [0.1, 0.15) is 20.2 Å². The van der Waals surface area contributed by atoms with E-state index in [0.717, 1.165) is 48.8 Å². The number of fused-ring (bicyclic) bond motifs is 1. The van der Waals surface area contributed by atoms with E-state index in [-0.39, 0.29) is 18.6 Å². The van der Waals surface area contributed by atoms with Crippen molar-refractivity contribution in [2.75, 3.05) is 46.1 Å². The second-order valence-electron chi connectivity index (χ2n) is 8.67. The molecule has 9 heteroatoms. The average Bonchev–Trinajstić information content (AvgIpc) is 3.55. The fourth-order valence-corrected chi connectivity index (χ4v) is 5.27. The summed E-state index contributed by atoms with van der Waals surface area (Å²) in [5.74, 6) is 1.59. The number of hydrogen-bond donors (Lipinski definition) is 0. The van der Waals surface area contributed by atoms with Gasteiger partial charge in [-0.3, -0.25) is 14.5 Å². The predicted molar refractivity (Wildman–Crippen MR) is 127 cm³/mol. The first-order chi connectivity index (χ1) is 16.7. The number of carbonyl (C=O) groups is 2. The minimum absolute atomic E-state index is 0.0178. The molecule has 0 radical (unpaired) electrons. The normalized spacial score (nSPS) is 18.1. The highest BCUT2D eigenvalue weighted by Crippen LogP contribution is 2.36. The third kappa shape index (κ3) is 3.91. The zero-order chi connectivity index (χ0) is 23.1. The van der Waals surface area contributed by atoms with Gasteiger partial charge >= 0.3 is 0 Å². The third-order valence-electron chi connectivity index (χ3n) is 6.72. The molecule has 3 aliphatic heterocycles. The summed E-state index contributed by atoms with van der Waals surface area (Å²) in [5.41, 5.74) is 2.75. The van der Waals surface area contributed by atoms with Crippen LogP contribution in [-0.2, 0) is 0 Å². The van der Waals surface area contributed by atoms with Crippen LogP contribution in [-0.4, -0.2) is 83.6 Å². The van der Waals surface area contributed by atoms with E-state index in [1.165, 1.54) is 11.3 Å². The van der Waals surface area contributed by atoms with Crippen molar-refractivity contribution in [3.05, 3.63) is 64.6 Å². The zero-order valence-corrected chi connectivity index (χ0v) is 19.4. The Labute approximate surface area is 201 Å². The fourth-order valence-electron chi connectivity index (χ4n) is 4.67. The molecule has 4 heterocycles. The monoisotopic (exact) mass is 476 g/mol. The summed E-state index contributed by atoms with van der Waals surface area (Å²) in [6, 6.07) is 13.9. The molecule has 0 atom stereocenters. The maximum Gasteiger partial charge on any atom is 0.282 e. The largest absolute Gasteiger partial charge is 0.454 e. The molecule has 0 spiro atoms. The minimum Gasteiger partial charge on any atom is -0.454 e. The highest BCUT2D eigenvalue weighted by Gasteiger charge is 2.37. The van der Waals surface area contributed by atoms with Crippen molar-refractivity contribution in [1.82, 2.24) is 19.7 Å². The molecule has 174 valence electrons. The lowest BCUT2D eigenvalue weighted by atomic mass is 10.0. The number of hydrogen-bond acceptors (Lipinski definition) is 7. The lowest BCUT2D eigenvalue weighted by Gasteiger charge is -2.48. The van der Waals surface area contributed by atoms with Gasteiger partial charge in [-0.15, -0.1) is 11.3 Å². The van der Waals surface area contributed by atoms with Crippen molar-refractivity contribution < 1.29 is 19.1 Å². The first kappa shape index (κ1) is 21.1. The SMILES string of the molecule is O=C(c1ccc(-c2ccc3c(c2)OCO3)cc1)N1CC(N2CCN(C(=O)c3nccs3)CC2)C1. The molecule has 8 nitrogen and oxygen atoms in total. The Morgan fingerprint density at radius 2 is 1.59 bits per heavy atom. The molecule has 2 fully saturated rings. The molecule has 2 saturated heterocycles. The number of nitrogens with zero attached hydrogens (tertiary/aromatic N) is 4. The van der Waals surface area contributed by atoms with Crippen LogP contribution in [0.4, 0.5) is 0 Å². The Morgan fingerprint density at radius 1 is 0.853 bits per heavy atom. The van der Waals surface area contributed by atoms with Gasteiger partial charge in [0.05, 0.1) is 0 Å². The summed E-state index contributed by atoms with van der Waals surface area (Å²) in [4.78, 5) is 35.7. The topological polar surface area (TPSA) is 75.2 Å². The molecule has 3 aromatic rings. The summed E-state index contributed by atoms with van der Waals surface area (Å²) >= 11 is 1.38. The number of ether oxygens (including phenoxy) is 2. The number of piperazine rings is 1. The fraction of sp³-hybridized carbons (Fsp3) is 0.320. The van der Waals surface area contributed by atoms with Gasteiger partial charge in [0, 0.05) is 62.5 Å². The quantitative estimate of drug-likeness (QED) is 0.577. The first-order valence-electron chi connectivity index (χ1n) is 11.4. The van der Waals surface area contributed by atoms with E-state index in [1.807, 2.05) is 57.6 Å². The van der Waals surface area contributed by atoms with E-state index < -0.39 is 0 Å². The average molecular weight is 477 g/mol. The van der Waals surface area contributed by atoms with Gasteiger partial charge in [0.25, 0.3) is 11.8 Å². The molecule has 34 heavy (non-hydrogen) atoms. The van der Waals surface area contributed by atoms with E-state index in [9.17, 15) is 9.59 Å². The van der Waals surface area contributed by atoms with Gasteiger partial charge in [0.1, 0.15) is 0 Å². The molecule has 2 aromatic carbocycles. The first-order valence-corrected chi connectivity index (χ1v) is 12.3. The van der Waals surface area contributed by atoms with Crippen LogP contribution in [0.5, 0.6) is 11.5 Å². The number of aromatic nitrogens is 1. The van der Waals surface area contributed by atoms with Crippen LogP contribution >= 0.6 is 11.3 Å². The standard InChI is InChI=1S/C25H24N4O4S/c30-24(18-3-1-17(2-4-18)19-5-6-21-22(13-19)33-16-32-21)29-14-20(15-29)27-8-10-28(11-9-27)25(31)23-26-7-12-34-23/h1-7,12-13,20H,8-11,14-16H2. The van der Waals surface area contributed by atoms with E-state index >= 15 is 0 Å². The lowest BCUT2D eigenvalue weighted by Crippen LogP contribution is -2.64. The number of amides is 2. The van der Waals surface area contributed by atoms with Crippen LogP contribution in [0.2, 0.25) is 0 Å². The number of likely N-dealkylation sites (tertiary alicyclic amines) is 1. The minimum atomic E-state index is 0.0178. The smallest absolute Gasteiger partial charge is 0.282 e. The molecule has 0 saturated carbocycles. The van der Waals surface area contributed by atoms with E-state index in [4.69, 9.17) is 9.47 Å². The van der Waals surface area contributed by atoms with Crippen molar-refractivity contribution >= 4 is 23.2 Å². The van der Waals surface area contributed by atoms with E-state index in [2.05, 4.69) is 9.88 Å². The summed E-state index contributed by atoms with van der Waals surface area (Å²) in [5, 5.41) is 2.38. The summed E-state index contributed by atoms with van der Waals surface area (Å²) < 4.78 is 10.8. The van der Waals surface area contributed by atoms with Crippen molar-refractivity contribution in [3.63, 3.8) is 0 Å². The zero-order valence-electron chi connectivity index (χ0n) is 18.6. The molecule has 0 aliphatic carbocycles. The van der Waals surface area contributed by atoms with Crippen molar-refractivity contribution in [1.29, 1.82) is 0 Å². The highest BCUT2D eigenvalue weighted by molar-refractivity contribution is 7.11. The maximum absolute atomic E-state index is 12.9. The van der Waals surface area contributed by atoms with E-state index in [0.29, 0.717) is 29.7 Å². The second-order valence-corrected chi connectivity index (χ2v) is 9.57. The van der Waals surface area contributed by atoms with Crippen molar-refractivity contribution in [3.8, 4) is 22.6 Å². The van der Waals surface area contributed by atoms with Gasteiger partial charge in [0.2, 0.25) is 6.79 Å². The summed E-state index contributed by atoms with van der Waals surface area (Å²) in [7, 11) is 0. The van der Waals surface area contributed by atoms with Gasteiger partial charge in [-0.25, -0.2) is 4.98 Å². The third-order valence-corrected chi connectivity index (χ3v) is 7.48. The van der Waals surface area contributed by atoms with Gasteiger partial charge in [0.15, 0.2) is 16.5 Å². The molecule has 2 amide bonds. The van der Waals surface area contributed by atoms with Crippen molar-refractivity contribution in [2.45, 2.75) is 6.04 Å². The molecule has 0 bridgehead atoms. The Morgan fingerprint density at radius 3 is 2.32 bits per heavy atom. The molecular formula is C25H24N4O4S. The molecule has 6 rings (SSSR count).